The number of hydrogen-bond donors (Lipinski definition) is 1. The molecule has 0 aromatic heterocycles. The van der Waals surface area contributed by atoms with Crippen LogP contribution < -0.4 is 0 Å². The number of benzene rings is 2. The molecular formula is C16H16ClIO. The van der Waals surface area contributed by atoms with Gasteiger partial charge in [-0.1, -0.05) is 40.9 Å². The molecule has 0 aliphatic heterocycles. The first kappa shape index (κ1) is 14.8. The third-order valence-corrected chi connectivity index (χ3v) is 4.25. The molecule has 3 heteroatoms. The summed E-state index contributed by atoms with van der Waals surface area (Å²) < 4.78 is 1.04. The van der Waals surface area contributed by atoms with Gasteiger partial charge in [0.25, 0.3) is 0 Å². The summed E-state index contributed by atoms with van der Waals surface area (Å²) in [7, 11) is 0. The van der Waals surface area contributed by atoms with Gasteiger partial charge >= 0.3 is 0 Å². The van der Waals surface area contributed by atoms with E-state index in [0.29, 0.717) is 11.4 Å². The molecule has 1 N–H and O–H groups in total. The lowest BCUT2D eigenvalue weighted by atomic mass is 9.98. The molecule has 0 spiro atoms. The Kier molecular flexibility index (Phi) is 4.87. The predicted octanol–water partition coefficient (Wildman–Crippen LogP) is 4.84. The molecule has 2 rings (SSSR count). The van der Waals surface area contributed by atoms with Crippen LogP contribution in [-0.4, -0.2) is 5.11 Å². The van der Waals surface area contributed by atoms with Crippen molar-refractivity contribution in [3.8, 4) is 0 Å². The molecule has 100 valence electrons. The fourth-order valence-electron chi connectivity index (χ4n) is 2.29. The van der Waals surface area contributed by atoms with Crippen LogP contribution in [0.1, 0.15) is 28.4 Å². The summed E-state index contributed by atoms with van der Waals surface area (Å²) in [6.45, 7) is 4.15. The molecule has 1 unspecified atom stereocenters. The van der Waals surface area contributed by atoms with Crippen molar-refractivity contribution in [3.63, 3.8) is 0 Å². The topological polar surface area (TPSA) is 20.2 Å². The standard InChI is InChI=1S/C16H16ClIO/c1-10-5-11(2)7-12(6-10)8-16(19)14-9-13(17)3-4-15(14)18/h3-7,9,16,19H,8H2,1-2H3. The summed E-state index contributed by atoms with van der Waals surface area (Å²) in [5, 5.41) is 11.1. The monoisotopic (exact) mass is 386 g/mol. The number of aliphatic hydroxyl groups is 1. The zero-order chi connectivity index (χ0) is 14.0. The zero-order valence-corrected chi connectivity index (χ0v) is 13.9. The minimum absolute atomic E-state index is 0.521. The largest absolute Gasteiger partial charge is 0.388 e. The van der Waals surface area contributed by atoms with Gasteiger partial charge in [0, 0.05) is 15.0 Å². The van der Waals surface area contributed by atoms with Crippen LogP contribution in [0.3, 0.4) is 0 Å². The van der Waals surface area contributed by atoms with Gasteiger partial charge in [0.15, 0.2) is 0 Å². The molecule has 0 amide bonds. The first-order valence-electron chi connectivity index (χ1n) is 6.16. The molecule has 1 nitrogen and oxygen atoms in total. The Morgan fingerprint density at radius 1 is 1.11 bits per heavy atom. The second kappa shape index (κ2) is 6.25. The van der Waals surface area contributed by atoms with Crippen LogP contribution in [0, 0.1) is 17.4 Å². The first-order valence-corrected chi connectivity index (χ1v) is 7.61. The van der Waals surface area contributed by atoms with Gasteiger partial charge in [0.1, 0.15) is 0 Å². The van der Waals surface area contributed by atoms with E-state index in [1.54, 1.807) is 0 Å². The molecule has 0 bridgehead atoms. The number of rotatable bonds is 3. The van der Waals surface area contributed by atoms with Gasteiger partial charge in [-0.15, -0.1) is 0 Å². The van der Waals surface area contributed by atoms with Crippen molar-refractivity contribution >= 4 is 34.2 Å². The third-order valence-electron chi connectivity index (χ3n) is 3.03. The number of aliphatic hydroxyl groups excluding tert-OH is 1. The highest BCUT2D eigenvalue weighted by molar-refractivity contribution is 14.1. The van der Waals surface area contributed by atoms with Crippen molar-refractivity contribution in [1.82, 2.24) is 0 Å². The van der Waals surface area contributed by atoms with Crippen LogP contribution in [0.5, 0.6) is 0 Å². The molecule has 2 aromatic carbocycles. The Bertz CT molecular complexity index is 575. The van der Waals surface area contributed by atoms with Crippen LogP contribution in [-0.2, 0) is 6.42 Å². The van der Waals surface area contributed by atoms with Crippen molar-refractivity contribution in [2.75, 3.05) is 0 Å². The fraction of sp³-hybridized carbons (Fsp3) is 0.250. The summed E-state index contributed by atoms with van der Waals surface area (Å²) in [6.07, 6.45) is 0.0885. The Morgan fingerprint density at radius 3 is 2.37 bits per heavy atom. The van der Waals surface area contributed by atoms with Crippen LogP contribution in [0.4, 0.5) is 0 Å². The smallest absolute Gasteiger partial charge is 0.0841 e. The Balaban J connectivity index is 2.25. The highest BCUT2D eigenvalue weighted by atomic mass is 127. The van der Waals surface area contributed by atoms with Crippen molar-refractivity contribution in [2.45, 2.75) is 26.4 Å². The van der Waals surface area contributed by atoms with E-state index in [2.05, 4.69) is 54.6 Å². The maximum Gasteiger partial charge on any atom is 0.0841 e. The fourth-order valence-corrected chi connectivity index (χ4v) is 3.17. The average Bonchev–Trinajstić information content (AvgIpc) is 2.30. The number of halogens is 2. The SMILES string of the molecule is Cc1cc(C)cc(CC(O)c2cc(Cl)ccc2I)c1. The highest BCUT2D eigenvalue weighted by Crippen LogP contribution is 2.26. The molecule has 2 aromatic rings. The van der Waals surface area contributed by atoms with Crippen LogP contribution in [0.25, 0.3) is 0 Å². The zero-order valence-electron chi connectivity index (χ0n) is 11.0. The summed E-state index contributed by atoms with van der Waals surface area (Å²) >= 11 is 8.23. The molecule has 0 aliphatic carbocycles. The third kappa shape index (κ3) is 3.94. The van der Waals surface area contributed by atoms with E-state index in [1.165, 1.54) is 11.1 Å². The maximum absolute atomic E-state index is 10.4. The van der Waals surface area contributed by atoms with Gasteiger partial charge in [0.05, 0.1) is 6.10 Å². The quantitative estimate of drug-likeness (QED) is 0.749. The number of aryl methyl sites for hydroxylation is 2. The summed E-state index contributed by atoms with van der Waals surface area (Å²) in [6, 6.07) is 12.0. The molecule has 19 heavy (non-hydrogen) atoms. The van der Waals surface area contributed by atoms with E-state index >= 15 is 0 Å². The Hall–Kier alpha value is -0.580. The van der Waals surface area contributed by atoms with Crippen molar-refractivity contribution in [3.05, 3.63) is 67.2 Å². The van der Waals surface area contributed by atoms with E-state index in [9.17, 15) is 5.11 Å². The average molecular weight is 387 g/mol. The number of hydrogen-bond acceptors (Lipinski definition) is 1. The second-order valence-corrected chi connectivity index (χ2v) is 6.48. The molecular weight excluding hydrogens is 371 g/mol. The summed E-state index contributed by atoms with van der Waals surface area (Å²) in [4.78, 5) is 0. The van der Waals surface area contributed by atoms with E-state index in [0.717, 1.165) is 14.7 Å². The molecule has 0 fully saturated rings. The van der Waals surface area contributed by atoms with E-state index < -0.39 is 6.10 Å². The normalized spacial score (nSPS) is 12.5. The maximum atomic E-state index is 10.4. The molecule has 1 atom stereocenters. The molecule has 0 radical (unpaired) electrons. The Labute approximate surface area is 132 Å². The van der Waals surface area contributed by atoms with Crippen molar-refractivity contribution in [2.24, 2.45) is 0 Å². The molecule has 0 saturated carbocycles. The lowest BCUT2D eigenvalue weighted by Crippen LogP contribution is -2.04. The van der Waals surface area contributed by atoms with E-state index in [1.807, 2.05) is 18.2 Å². The first-order chi connectivity index (χ1) is 8.95. The van der Waals surface area contributed by atoms with Crippen molar-refractivity contribution < 1.29 is 5.11 Å². The Morgan fingerprint density at radius 2 is 1.74 bits per heavy atom. The van der Waals surface area contributed by atoms with Gasteiger partial charge in [-0.05, 0) is 65.8 Å². The summed E-state index contributed by atoms with van der Waals surface area (Å²) in [5.74, 6) is 0. The second-order valence-electron chi connectivity index (χ2n) is 4.88. The van der Waals surface area contributed by atoms with Crippen molar-refractivity contribution in [1.29, 1.82) is 0 Å². The lowest BCUT2D eigenvalue weighted by molar-refractivity contribution is 0.177. The van der Waals surface area contributed by atoms with Crippen LogP contribution in [0.15, 0.2) is 36.4 Å². The van der Waals surface area contributed by atoms with Crippen LogP contribution in [0.2, 0.25) is 5.02 Å². The van der Waals surface area contributed by atoms with Gasteiger partial charge in [0.2, 0.25) is 0 Å². The van der Waals surface area contributed by atoms with Gasteiger partial charge < -0.3 is 5.11 Å². The van der Waals surface area contributed by atoms with Crippen LogP contribution >= 0.6 is 34.2 Å². The minimum atomic E-state index is -0.521. The van der Waals surface area contributed by atoms with E-state index in [4.69, 9.17) is 11.6 Å². The molecule has 0 saturated heterocycles. The summed E-state index contributed by atoms with van der Waals surface area (Å²) in [5.41, 5.74) is 4.50. The molecule has 0 heterocycles. The van der Waals surface area contributed by atoms with Gasteiger partial charge in [-0.2, -0.15) is 0 Å². The predicted molar refractivity (Wildman–Crippen MR) is 88.7 cm³/mol. The molecule has 0 aliphatic rings. The van der Waals surface area contributed by atoms with E-state index in [-0.39, 0.29) is 0 Å². The minimum Gasteiger partial charge on any atom is -0.388 e. The van der Waals surface area contributed by atoms with Gasteiger partial charge in [-0.25, -0.2) is 0 Å². The van der Waals surface area contributed by atoms with Gasteiger partial charge in [-0.3, -0.25) is 0 Å². The highest BCUT2D eigenvalue weighted by Gasteiger charge is 2.13. The lowest BCUT2D eigenvalue weighted by Gasteiger charge is -2.14.